The van der Waals surface area contributed by atoms with Crippen LogP contribution in [-0.4, -0.2) is 45.7 Å². The summed E-state index contributed by atoms with van der Waals surface area (Å²) in [4.78, 5) is 44.1. The molecule has 1 atom stereocenters. The van der Waals surface area contributed by atoms with Gasteiger partial charge in [-0.15, -0.1) is 0 Å². The normalized spacial score (nSPS) is 21.8. The number of aliphatic imine (C=N–C) groups is 1. The lowest BCUT2D eigenvalue weighted by Crippen LogP contribution is -2.51. The minimum absolute atomic E-state index is 0.00349. The highest BCUT2D eigenvalue weighted by molar-refractivity contribution is 6.46. The van der Waals surface area contributed by atoms with Crippen LogP contribution in [0, 0.1) is 11.3 Å². The number of carbonyl (C=O) groups excluding carboxylic acids is 2. The molecule has 226 valence electrons. The van der Waals surface area contributed by atoms with Gasteiger partial charge in [0.25, 0.3) is 11.8 Å². The van der Waals surface area contributed by atoms with E-state index >= 15 is 0 Å². The van der Waals surface area contributed by atoms with Crippen molar-refractivity contribution in [1.82, 2.24) is 10.2 Å². The molecular weight excluding hydrogens is 547 g/mol. The van der Waals surface area contributed by atoms with Crippen LogP contribution in [0.2, 0.25) is 0 Å². The molecule has 2 amide bonds. The fourth-order valence-corrected chi connectivity index (χ4v) is 6.18. The number of alkyl halides is 3. The van der Waals surface area contributed by atoms with Gasteiger partial charge < -0.3 is 15.3 Å². The Balaban J connectivity index is 1.68. The van der Waals surface area contributed by atoms with E-state index in [4.69, 9.17) is 10.1 Å². The Morgan fingerprint density at radius 3 is 2.29 bits per heavy atom. The average Bonchev–Trinajstić information content (AvgIpc) is 3.20. The summed E-state index contributed by atoms with van der Waals surface area (Å²) in [6.45, 7) is 8.53. The van der Waals surface area contributed by atoms with Gasteiger partial charge in [-0.2, -0.15) is 13.2 Å². The lowest BCUT2D eigenvalue weighted by atomic mass is 9.69. The van der Waals surface area contributed by atoms with E-state index in [2.05, 4.69) is 26.1 Å². The molecule has 0 saturated heterocycles. The van der Waals surface area contributed by atoms with Gasteiger partial charge in [-0.05, 0) is 73.3 Å². The van der Waals surface area contributed by atoms with E-state index in [0.717, 1.165) is 30.5 Å². The highest BCUT2D eigenvalue weighted by Gasteiger charge is 2.52. The van der Waals surface area contributed by atoms with Gasteiger partial charge in [0.05, 0.1) is 18.0 Å². The molecule has 0 radical (unpaired) electrons. The highest BCUT2D eigenvalue weighted by atomic mass is 19.4. The van der Waals surface area contributed by atoms with Crippen molar-refractivity contribution in [3.63, 3.8) is 0 Å². The maximum atomic E-state index is 14.1. The third kappa shape index (κ3) is 6.52. The summed E-state index contributed by atoms with van der Waals surface area (Å²) in [6.07, 6.45) is -1.34. The molecule has 10 heteroatoms. The molecule has 4 rings (SSSR count). The molecule has 1 fully saturated rings. The second-order valence-corrected chi connectivity index (χ2v) is 12.3. The van der Waals surface area contributed by atoms with Gasteiger partial charge in [0, 0.05) is 17.7 Å². The lowest BCUT2D eigenvalue weighted by Gasteiger charge is -2.47. The number of carbonyl (C=O) groups is 3. The summed E-state index contributed by atoms with van der Waals surface area (Å²) in [5, 5.41) is 11.4. The molecule has 2 aliphatic rings. The number of carboxylic acids is 1. The van der Waals surface area contributed by atoms with Crippen molar-refractivity contribution >= 4 is 23.5 Å². The number of halogens is 3. The molecule has 2 aromatic rings. The van der Waals surface area contributed by atoms with Crippen molar-refractivity contribution < 1.29 is 32.7 Å². The molecule has 42 heavy (non-hydrogen) atoms. The summed E-state index contributed by atoms with van der Waals surface area (Å²) < 4.78 is 40.6. The first-order chi connectivity index (χ1) is 19.7. The number of hydrogen-bond acceptors (Lipinski definition) is 4. The van der Waals surface area contributed by atoms with Gasteiger partial charge in [-0.1, -0.05) is 52.0 Å². The minimum Gasteiger partial charge on any atom is -0.481 e. The van der Waals surface area contributed by atoms with Gasteiger partial charge in [-0.3, -0.25) is 19.4 Å². The van der Waals surface area contributed by atoms with Crippen LogP contribution in [0.1, 0.15) is 99.3 Å². The average molecular weight is 586 g/mol. The molecule has 2 aromatic carbocycles. The number of benzene rings is 2. The monoisotopic (exact) mass is 585 g/mol. The highest BCUT2D eigenvalue weighted by Crippen LogP contribution is 2.49. The van der Waals surface area contributed by atoms with E-state index < -0.39 is 41.2 Å². The van der Waals surface area contributed by atoms with E-state index in [-0.39, 0.29) is 29.7 Å². The quantitative estimate of drug-likeness (QED) is 0.364. The second kappa shape index (κ2) is 11.9. The van der Waals surface area contributed by atoms with Crippen LogP contribution in [0.4, 0.5) is 13.2 Å². The van der Waals surface area contributed by atoms with E-state index in [9.17, 15) is 27.6 Å². The van der Waals surface area contributed by atoms with Gasteiger partial charge in [0.15, 0.2) is 0 Å². The van der Waals surface area contributed by atoms with Gasteiger partial charge >= 0.3 is 12.1 Å². The van der Waals surface area contributed by atoms with Crippen molar-refractivity contribution in [2.45, 2.75) is 84.1 Å². The summed E-state index contributed by atoms with van der Waals surface area (Å²) in [5.41, 5.74) is -0.299. The van der Waals surface area contributed by atoms with Crippen molar-refractivity contribution in [2.24, 2.45) is 16.3 Å². The molecule has 1 aliphatic carbocycles. The Morgan fingerprint density at radius 2 is 1.74 bits per heavy atom. The van der Waals surface area contributed by atoms with Crippen molar-refractivity contribution in [1.29, 1.82) is 0 Å². The van der Waals surface area contributed by atoms with Crippen molar-refractivity contribution in [3.05, 3.63) is 70.8 Å². The summed E-state index contributed by atoms with van der Waals surface area (Å²) in [5.74, 6) is -1.39. The largest absolute Gasteiger partial charge is 0.481 e. The van der Waals surface area contributed by atoms with Crippen LogP contribution in [0.15, 0.2) is 53.5 Å². The summed E-state index contributed by atoms with van der Waals surface area (Å²) >= 11 is 0. The first-order valence-corrected chi connectivity index (χ1v) is 14.4. The van der Waals surface area contributed by atoms with Gasteiger partial charge in [-0.25, -0.2) is 0 Å². The Kier molecular flexibility index (Phi) is 8.85. The number of nitrogens with one attached hydrogen (secondary N) is 1. The van der Waals surface area contributed by atoms with Crippen LogP contribution >= 0.6 is 0 Å². The predicted molar refractivity (Wildman–Crippen MR) is 153 cm³/mol. The number of hydrogen-bond donors (Lipinski definition) is 2. The number of nitrogens with zero attached hydrogens (tertiary/aromatic N) is 2. The second-order valence-electron chi connectivity index (χ2n) is 12.3. The standard InChI is InChI=1S/C32H38F3N3O4/c1-5-25(20-9-11-21(12-10-20)28(41)36-18-15-26(39)40)38-29(42)27(22-7-6-8-24(19-22)32(33,34)35)37-31(38)16-13-23(14-17-31)30(2,3)4/h6-12,19,23,25H,5,13-18H2,1-4H3,(H,36,41)(H,39,40)/t23?,25-,31?/m1/s1. The summed E-state index contributed by atoms with van der Waals surface area (Å²) in [6, 6.07) is 11.2. The Labute approximate surface area is 244 Å². The predicted octanol–water partition coefficient (Wildman–Crippen LogP) is 6.63. The maximum Gasteiger partial charge on any atom is 0.416 e. The molecule has 0 bridgehead atoms. The molecule has 2 N–H and O–H groups in total. The summed E-state index contributed by atoms with van der Waals surface area (Å²) in [7, 11) is 0. The van der Waals surface area contributed by atoms with E-state index in [1.165, 1.54) is 12.1 Å². The molecule has 0 unspecified atom stereocenters. The Bertz CT molecular complexity index is 1350. The fourth-order valence-electron chi connectivity index (χ4n) is 6.18. The topological polar surface area (TPSA) is 99.1 Å². The minimum atomic E-state index is -4.55. The number of aliphatic carboxylic acids is 1. The number of rotatable bonds is 8. The van der Waals surface area contributed by atoms with E-state index in [0.29, 0.717) is 30.7 Å². The molecule has 0 aromatic heterocycles. The third-order valence-corrected chi connectivity index (χ3v) is 8.54. The Hall–Kier alpha value is -3.69. The zero-order valence-corrected chi connectivity index (χ0v) is 24.4. The first kappa shape index (κ1) is 31.3. The van der Waals surface area contributed by atoms with Crippen molar-refractivity contribution in [2.75, 3.05) is 6.54 Å². The fraction of sp³-hybridized carbons (Fsp3) is 0.500. The van der Waals surface area contributed by atoms with Gasteiger partial charge in [0.1, 0.15) is 11.4 Å². The molecule has 1 heterocycles. The van der Waals surface area contributed by atoms with Crippen LogP contribution in [0.5, 0.6) is 0 Å². The van der Waals surface area contributed by atoms with Crippen LogP contribution in [0.25, 0.3) is 0 Å². The molecule has 7 nitrogen and oxygen atoms in total. The molecule has 1 saturated carbocycles. The van der Waals surface area contributed by atoms with E-state index in [1.54, 1.807) is 29.2 Å². The third-order valence-electron chi connectivity index (χ3n) is 8.54. The van der Waals surface area contributed by atoms with Crippen LogP contribution < -0.4 is 5.32 Å². The zero-order chi connectivity index (χ0) is 30.9. The van der Waals surface area contributed by atoms with Gasteiger partial charge in [0.2, 0.25) is 0 Å². The van der Waals surface area contributed by atoms with E-state index in [1.807, 2.05) is 6.92 Å². The lowest BCUT2D eigenvalue weighted by molar-refractivity contribution is -0.138. The van der Waals surface area contributed by atoms with Crippen LogP contribution in [-0.2, 0) is 15.8 Å². The SMILES string of the molecule is CC[C@H](c1ccc(C(=O)NCCC(=O)O)cc1)N1C(=O)C(c2cccc(C(F)(F)F)c2)=NC12CCC(C(C)(C)C)CC2. The number of amides is 2. The molecular formula is C32H38F3N3O4. The molecule has 1 aliphatic heterocycles. The Morgan fingerprint density at radius 1 is 1.10 bits per heavy atom. The number of carboxylic acid groups (broad SMARTS) is 1. The van der Waals surface area contributed by atoms with Crippen molar-refractivity contribution in [3.8, 4) is 0 Å². The van der Waals surface area contributed by atoms with Crippen LogP contribution in [0.3, 0.4) is 0 Å². The first-order valence-electron chi connectivity index (χ1n) is 14.4. The zero-order valence-electron chi connectivity index (χ0n) is 24.4. The molecule has 1 spiro atoms. The smallest absolute Gasteiger partial charge is 0.416 e. The maximum absolute atomic E-state index is 14.1.